The Bertz CT molecular complexity index is 1130. The summed E-state index contributed by atoms with van der Waals surface area (Å²) in [6.07, 6.45) is 0.0839. The minimum atomic E-state index is -1.32. The molecule has 1 heterocycles. The number of fused-ring (bicyclic) bond motifs is 1. The van der Waals surface area contributed by atoms with Gasteiger partial charge < -0.3 is 10.1 Å². The number of nitrogens with zero attached hydrogens (tertiary/aromatic N) is 1. The van der Waals surface area contributed by atoms with Crippen LogP contribution in [0.2, 0.25) is 20.1 Å². The normalized spacial score (nSPS) is 13.8. The van der Waals surface area contributed by atoms with Gasteiger partial charge in [0.25, 0.3) is 17.7 Å². The quantitative estimate of drug-likeness (QED) is 0.205. The molecule has 2 aromatic carbocycles. The summed E-state index contributed by atoms with van der Waals surface area (Å²) in [5.41, 5.74) is 1.09. The van der Waals surface area contributed by atoms with Gasteiger partial charge in [-0.2, -0.15) is 0 Å². The first kappa shape index (κ1) is 26.3. The molecule has 1 atom stereocenters. The predicted octanol–water partition coefficient (Wildman–Crippen LogP) is 5.80. The Morgan fingerprint density at radius 3 is 1.88 bits per heavy atom. The molecule has 0 aromatic heterocycles. The number of carbonyl (C=O) groups excluding carboxylic acids is 4. The molecule has 0 spiro atoms. The summed E-state index contributed by atoms with van der Waals surface area (Å²) in [6.45, 7) is 4.90. The zero-order valence-corrected chi connectivity index (χ0v) is 21.4. The third kappa shape index (κ3) is 5.18. The number of hydrogen-bond acceptors (Lipinski definition) is 5. The van der Waals surface area contributed by atoms with Gasteiger partial charge in [-0.05, 0) is 31.4 Å². The number of amides is 3. The second kappa shape index (κ2) is 10.5. The third-order valence-electron chi connectivity index (χ3n) is 5.09. The van der Waals surface area contributed by atoms with Gasteiger partial charge in [0.1, 0.15) is 6.04 Å². The Kier molecular flexibility index (Phi) is 8.14. The number of nitrogens with one attached hydrogen (secondary N) is 1. The molecule has 34 heavy (non-hydrogen) atoms. The Balaban J connectivity index is 1.82. The molecule has 0 bridgehead atoms. The molecule has 3 amide bonds. The zero-order valence-electron chi connectivity index (χ0n) is 18.4. The maximum absolute atomic E-state index is 13.2. The van der Waals surface area contributed by atoms with Crippen molar-refractivity contribution in [2.45, 2.75) is 33.2 Å². The number of anilines is 1. The number of ether oxygens (including phenoxy) is 1. The van der Waals surface area contributed by atoms with Gasteiger partial charge in [-0.25, -0.2) is 4.79 Å². The zero-order chi connectivity index (χ0) is 25.3. The van der Waals surface area contributed by atoms with Crippen LogP contribution >= 0.6 is 46.4 Å². The summed E-state index contributed by atoms with van der Waals surface area (Å²) >= 11 is 24.4. The Hall–Kier alpha value is -2.32. The first-order chi connectivity index (χ1) is 15.9. The molecule has 0 fully saturated rings. The minimum Gasteiger partial charge on any atom is -0.454 e. The van der Waals surface area contributed by atoms with Crippen molar-refractivity contribution >= 4 is 75.8 Å². The van der Waals surface area contributed by atoms with E-state index in [9.17, 15) is 19.2 Å². The van der Waals surface area contributed by atoms with Crippen molar-refractivity contribution in [3.63, 3.8) is 0 Å². The van der Waals surface area contributed by atoms with E-state index in [-0.39, 0.29) is 43.6 Å². The van der Waals surface area contributed by atoms with E-state index in [2.05, 4.69) is 5.32 Å². The number of hydrogen-bond donors (Lipinski definition) is 1. The van der Waals surface area contributed by atoms with Crippen LogP contribution in [0.25, 0.3) is 0 Å². The molecule has 1 unspecified atom stereocenters. The van der Waals surface area contributed by atoms with Gasteiger partial charge >= 0.3 is 5.97 Å². The highest BCUT2D eigenvalue weighted by molar-refractivity contribution is 6.55. The number of esters is 1. The molecular weight excluding hydrogens is 526 g/mol. The number of imide groups is 1. The molecule has 180 valence electrons. The standard InChI is InChI=1S/C23H20Cl4N2O5/c1-10(2)8-13(23(33)34-9-14(30)28-12-6-4-11(3)5-7-12)29-21(31)15-16(22(29)32)18(25)20(27)19(26)17(15)24/h4-7,10,13H,8-9H2,1-3H3,(H,28,30). The lowest BCUT2D eigenvalue weighted by atomic mass is 10.0. The van der Waals surface area contributed by atoms with Crippen LogP contribution in [0.3, 0.4) is 0 Å². The van der Waals surface area contributed by atoms with Crippen molar-refractivity contribution in [2.75, 3.05) is 11.9 Å². The van der Waals surface area contributed by atoms with E-state index < -0.39 is 36.3 Å². The van der Waals surface area contributed by atoms with E-state index in [1.807, 2.05) is 19.1 Å². The monoisotopic (exact) mass is 544 g/mol. The number of aryl methyl sites for hydroxylation is 1. The number of carbonyl (C=O) groups is 4. The van der Waals surface area contributed by atoms with Crippen LogP contribution < -0.4 is 5.32 Å². The number of halogens is 4. The van der Waals surface area contributed by atoms with Crippen LogP contribution in [0.4, 0.5) is 5.69 Å². The van der Waals surface area contributed by atoms with Gasteiger partial charge in [0.15, 0.2) is 6.61 Å². The lowest BCUT2D eigenvalue weighted by Crippen LogP contribution is -2.47. The van der Waals surface area contributed by atoms with Crippen LogP contribution in [0.1, 0.15) is 46.5 Å². The Morgan fingerprint density at radius 2 is 1.41 bits per heavy atom. The Morgan fingerprint density at radius 1 is 0.912 bits per heavy atom. The summed E-state index contributed by atoms with van der Waals surface area (Å²) < 4.78 is 5.16. The van der Waals surface area contributed by atoms with Crippen molar-refractivity contribution in [2.24, 2.45) is 5.92 Å². The molecule has 1 aliphatic heterocycles. The molecule has 0 saturated heterocycles. The predicted molar refractivity (Wildman–Crippen MR) is 131 cm³/mol. The average Bonchev–Trinajstić information content (AvgIpc) is 3.04. The van der Waals surface area contributed by atoms with Gasteiger partial charge in [-0.3, -0.25) is 19.3 Å². The van der Waals surface area contributed by atoms with Crippen LogP contribution in [0.15, 0.2) is 24.3 Å². The lowest BCUT2D eigenvalue weighted by Gasteiger charge is -2.26. The summed E-state index contributed by atoms with van der Waals surface area (Å²) in [5.74, 6) is -3.31. The summed E-state index contributed by atoms with van der Waals surface area (Å²) in [7, 11) is 0. The van der Waals surface area contributed by atoms with Gasteiger partial charge in [0.2, 0.25) is 0 Å². The molecule has 11 heteroatoms. The molecule has 3 rings (SSSR count). The van der Waals surface area contributed by atoms with E-state index in [1.54, 1.807) is 26.0 Å². The molecular formula is C23H20Cl4N2O5. The first-order valence-electron chi connectivity index (χ1n) is 10.2. The maximum Gasteiger partial charge on any atom is 0.329 e. The minimum absolute atomic E-state index is 0.0839. The maximum atomic E-state index is 13.2. The highest BCUT2D eigenvalue weighted by atomic mass is 35.5. The molecule has 0 aliphatic carbocycles. The second-order valence-electron chi connectivity index (χ2n) is 8.15. The highest BCUT2D eigenvalue weighted by Crippen LogP contribution is 2.45. The molecule has 0 radical (unpaired) electrons. The van der Waals surface area contributed by atoms with E-state index in [0.29, 0.717) is 5.69 Å². The van der Waals surface area contributed by atoms with Crippen LogP contribution in [0.5, 0.6) is 0 Å². The molecule has 7 nitrogen and oxygen atoms in total. The van der Waals surface area contributed by atoms with Gasteiger partial charge in [-0.1, -0.05) is 77.9 Å². The largest absolute Gasteiger partial charge is 0.454 e. The fraction of sp³-hybridized carbons (Fsp3) is 0.304. The van der Waals surface area contributed by atoms with Gasteiger partial charge in [0.05, 0.1) is 31.2 Å². The molecule has 1 N–H and O–H groups in total. The lowest BCUT2D eigenvalue weighted by molar-refractivity contribution is -0.151. The van der Waals surface area contributed by atoms with Gasteiger partial charge in [0, 0.05) is 5.69 Å². The summed E-state index contributed by atoms with van der Waals surface area (Å²) in [5, 5.41) is 1.78. The molecule has 2 aromatic rings. The van der Waals surface area contributed by atoms with Crippen LogP contribution in [-0.2, 0) is 14.3 Å². The van der Waals surface area contributed by atoms with Crippen molar-refractivity contribution in [3.8, 4) is 0 Å². The van der Waals surface area contributed by atoms with Gasteiger partial charge in [-0.15, -0.1) is 0 Å². The number of benzene rings is 2. The topological polar surface area (TPSA) is 92.8 Å². The van der Waals surface area contributed by atoms with E-state index in [4.69, 9.17) is 51.1 Å². The van der Waals surface area contributed by atoms with Crippen LogP contribution in [0, 0.1) is 12.8 Å². The summed E-state index contributed by atoms with van der Waals surface area (Å²) in [4.78, 5) is 52.2. The second-order valence-corrected chi connectivity index (χ2v) is 9.67. The average molecular weight is 546 g/mol. The SMILES string of the molecule is Cc1ccc(NC(=O)COC(=O)C(CC(C)C)N2C(=O)c3c(Cl)c(Cl)c(Cl)c(Cl)c3C2=O)cc1. The summed E-state index contributed by atoms with van der Waals surface area (Å²) in [6, 6.07) is 5.73. The smallest absolute Gasteiger partial charge is 0.329 e. The van der Waals surface area contributed by atoms with Crippen molar-refractivity contribution in [3.05, 3.63) is 61.0 Å². The number of rotatable bonds is 7. The fourth-order valence-corrected chi connectivity index (χ4v) is 4.48. The highest BCUT2D eigenvalue weighted by Gasteiger charge is 2.47. The fourth-order valence-electron chi connectivity index (χ4n) is 3.47. The molecule has 1 aliphatic rings. The third-order valence-corrected chi connectivity index (χ3v) is 6.89. The van der Waals surface area contributed by atoms with E-state index in [0.717, 1.165) is 10.5 Å². The van der Waals surface area contributed by atoms with Crippen molar-refractivity contribution in [1.29, 1.82) is 0 Å². The van der Waals surface area contributed by atoms with E-state index in [1.165, 1.54) is 0 Å². The van der Waals surface area contributed by atoms with Crippen LogP contribution in [-0.4, -0.2) is 41.2 Å². The van der Waals surface area contributed by atoms with E-state index >= 15 is 0 Å². The van der Waals surface area contributed by atoms with Crippen molar-refractivity contribution < 1.29 is 23.9 Å². The first-order valence-corrected chi connectivity index (χ1v) is 11.7. The Labute approximate surface area is 216 Å². The van der Waals surface area contributed by atoms with Crippen molar-refractivity contribution in [1.82, 2.24) is 4.90 Å². The molecule has 0 saturated carbocycles.